The van der Waals surface area contributed by atoms with Gasteiger partial charge in [0, 0.05) is 20.8 Å². The second-order valence-corrected chi connectivity index (χ2v) is 4.00. The van der Waals surface area contributed by atoms with Crippen LogP contribution in [-0.4, -0.2) is 39.8 Å². The highest BCUT2D eigenvalue weighted by Crippen LogP contribution is 2.13. The van der Waals surface area contributed by atoms with Crippen molar-refractivity contribution in [2.24, 2.45) is 0 Å². The molecule has 1 aromatic rings. The maximum absolute atomic E-state index is 11.2. The van der Waals surface area contributed by atoms with Crippen molar-refractivity contribution in [1.29, 1.82) is 0 Å². The number of carbonyl (C=O) groups is 1. The summed E-state index contributed by atoms with van der Waals surface area (Å²) < 4.78 is 15.1. The fraction of sp³-hybridized carbons (Fsp3) is 0.500. The molecule has 0 spiro atoms. The minimum absolute atomic E-state index is 0.0524. The fourth-order valence-electron chi connectivity index (χ4n) is 1.54. The van der Waals surface area contributed by atoms with Crippen molar-refractivity contribution in [3.63, 3.8) is 0 Å². The van der Waals surface area contributed by atoms with E-state index in [1.807, 2.05) is 24.3 Å². The lowest BCUT2D eigenvalue weighted by atomic mass is 10.1. The molecule has 0 saturated carbocycles. The first-order valence-electron chi connectivity index (χ1n) is 5.97. The number of aryl methyl sites for hydroxylation is 1. The molecule has 4 heteroatoms. The normalized spacial score (nSPS) is 10.3. The van der Waals surface area contributed by atoms with Gasteiger partial charge in [-0.3, -0.25) is 4.79 Å². The van der Waals surface area contributed by atoms with E-state index in [9.17, 15) is 4.79 Å². The highest BCUT2D eigenvalue weighted by molar-refractivity contribution is 5.81. The topological polar surface area (TPSA) is 44.8 Å². The van der Waals surface area contributed by atoms with E-state index < -0.39 is 0 Å². The molecule has 0 fully saturated rings. The zero-order valence-corrected chi connectivity index (χ0v) is 11.0. The number of carbonyl (C=O) groups excluding carboxylic acids is 1. The van der Waals surface area contributed by atoms with Gasteiger partial charge in [0.2, 0.25) is 0 Å². The Morgan fingerprint density at radius 2 is 1.78 bits per heavy atom. The number of methoxy groups -OCH3 is 2. The summed E-state index contributed by atoms with van der Waals surface area (Å²) in [6, 6.07) is 7.77. The predicted molar refractivity (Wildman–Crippen MR) is 69.0 cm³/mol. The molecule has 0 aromatic heterocycles. The molecule has 0 aliphatic carbocycles. The average molecular weight is 252 g/mol. The quantitative estimate of drug-likeness (QED) is 0.629. The van der Waals surface area contributed by atoms with Crippen LogP contribution >= 0.6 is 0 Å². The van der Waals surface area contributed by atoms with Crippen LogP contribution in [0, 0.1) is 0 Å². The highest BCUT2D eigenvalue weighted by Gasteiger charge is 2.02. The SMILES string of the molecule is COCCCc1ccc(OCC(=O)COC)cc1. The largest absolute Gasteiger partial charge is 0.486 e. The van der Waals surface area contributed by atoms with Crippen LogP contribution in [0.3, 0.4) is 0 Å². The van der Waals surface area contributed by atoms with Crippen molar-refractivity contribution in [3.8, 4) is 5.75 Å². The number of hydrogen-bond donors (Lipinski definition) is 0. The lowest BCUT2D eigenvalue weighted by molar-refractivity contribution is -0.124. The summed E-state index contributed by atoms with van der Waals surface area (Å²) in [5, 5.41) is 0. The van der Waals surface area contributed by atoms with Crippen molar-refractivity contribution < 1.29 is 19.0 Å². The number of Topliss-reactive ketones (excluding diaryl/α,β-unsaturated/α-hetero) is 1. The molecule has 0 N–H and O–H groups in total. The first-order valence-corrected chi connectivity index (χ1v) is 5.97. The van der Waals surface area contributed by atoms with E-state index in [-0.39, 0.29) is 19.0 Å². The molecule has 18 heavy (non-hydrogen) atoms. The maximum atomic E-state index is 11.2. The average Bonchev–Trinajstić information content (AvgIpc) is 2.38. The molecule has 0 bridgehead atoms. The van der Waals surface area contributed by atoms with Gasteiger partial charge in [-0.15, -0.1) is 0 Å². The van der Waals surface area contributed by atoms with Gasteiger partial charge in [-0.25, -0.2) is 0 Å². The number of ether oxygens (including phenoxy) is 3. The van der Waals surface area contributed by atoms with Crippen LogP contribution in [0.2, 0.25) is 0 Å². The van der Waals surface area contributed by atoms with Crippen molar-refractivity contribution in [2.75, 3.05) is 34.0 Å². The summed E-state index contributed by atoms with van der Waals surface area (Å²) >= 11 is 0. The van der Waals surface area contributed by atoms with Gasteiger partial charge in [-0.05, 0) is 30.5 Å². The molecule has 0 aliphatic heterocycles. The first-order chi connectivity index (χ1) is 8.76. The van der Waals surface area contributed by atoms with Gasteiger partial charge in [-0.2, -0.15) is 0 Å². The third-order valence-corrected chi connectivity index (χ3v) is 2.44. The summed E-state index contributed by atoms with van der Waals surface area (Å²) in [6.07, 6.45) is 1.99. The Morgan fingerprint density at radius 3 is 2.39 bits per heavy atom. The van der Waals surface area contributed by atoms with Crippen LogP contribution in [0.4, 0.5) is 0 Å². The molecule has 0 radical (unpaired) electrons. The van der Waals surface area contributed by atoms with Crippen molar-refractivity contribution in [2.45, 2.75) is 12.8 Å². The Balaban J connectivity index is 2.33. The zero-order chi connectivity index (χ0) is 13.2. The molecule has 1 rings (SSSR count). The van der Waals surface area contributed by atoms with Crippen LogP contribution in [-0.2, 0) is 20.7 Å². The van der Waals surface area contributed by atoms with Gasteiger partial charge >= 0.3 is 0 Å². The van der Waals surface area contributed by atoms with E-state index in [1.165, 1.54) is 12.7 Å². The molecule has 0 atom stereocenters. The maximum Gasteiger partial charge on any atom is 0.195 e. The number of ketones is 1. The Bertz CT molecular complexity index is 345. The lowest BCUT2D eigenvalue weighted by Crippen LogP contribution is -2.16. The molecule has 0 heterocycles. The van der Waals surface area contributed by atoms with E-state index in [4.69, 9.17) is 14.2 Å². The summed E-state index contributed by atoms with van der Waals surface area (Å²) in [7, 11) is 3.20. The Kier molecular flexibility index (Phi) is 7.06. The zero-order valence-electron chi connectivity index (χ0n) is 11.0. The molecule has 100 valence electrons. The van der Waals surface area contributed by atoms with Crippen LogP contribution in [0.25, 0.3) is 0 Å². The third-order valence-electron chi connectivity index (χ3n) is 2.44. The second-order valence-electron chi connectivity index (χ2n) is 4.00. The van der Waals surface area contributed by atoms with E-state index >= 15 is 0 Å². The Labute approximate surface area is 108 Å². The van der Waals surface area contributed by atoms with Crippen LogP contribution in [0.1, 0.15) is 12.0 Å². The van der Waals surface area contributed by atoms with Gasteiger partial charge in [0.15, 0.2) is 5.78 Å². The molecular formula is C14H20O4. The molecular weight excluding hydrogens is 232 g/mol. The number of benzene rings is 1. The molecule has 0 saturated heterocycles. The van der Waals surface area contributed by atoms with Gasteiger partial charge < -0.3 is 14.2 Å². The Morgan fingerprint density at radius 1 is 1.06 bits per heavy atom. The third kappa shape index (κ3) is 5.80. The minimum atomic E-state index is -0.0679. The van der Waals surface area contributed by atoms with Crippen LogP contribution < -0.4 is 4.74 Å². The molecule has 4 nitrogen and oxygen atoms in total. The lowest BCUT2D eigenvalue weighted by Gasteiger charge is -2.06. The summed E-state index contributed by atoms with van der Waals surface area (Å²) in [6.45, 7) is 0.912. The summed E-state index contributed by atoms with van der Waals surface area (Å²) in [5.74, 6) is 0.636. The van der Waals surface area contributed by atoms with Gasteiger partial charge in [0.05, 0.1) is 0 Å². The molecule has 0 unspecified atom stereocenters. The van der Waals surface area contributed by atoms with Crippen LogP contribution in [0.5, 0.6) is 5.75 Å². The van der Waals surface area contributed by atoms with E-state index in [1.54, 1.807) is 7.11 Å². The summed E-state index contributed by atoms with van der Waals surface area (Å²) in [5.41, 5.74) is 1.24. The van der Waals surface area contributed by atoms with E-state index in [2.05, 4.69) is 0 Å². The molecule has 0 amide bonds. The monoisotopic (exact) mass is 252 g/mol. The predicted octanol–water partition coefficient (Wildman–Crippen LogP) is 1.86. The number of rotatable bonds is 9. The van der Waals surface area contributed by atoms with Crippen molar-refractivity contribution >= 4 is 5.78 Å². The number of hydrogen-bond acceptors (Lipinski definition) is 4. The van der Waals surface area contributed by atoms with E-state index in [0.29, 0.717) is 5.75 Å². The first kappa shape index (κ1) is 14.7. The standard InChI is InChI=1S/C14H20O4/c1-16-9-3-4-12-5-7-14(8-6-12)18-11-13(15)10-17-2/h5-8H,3-4,9-11H2,1-2H3. The Hall–Kier alpha value is -1.39. The second kappa shape index (κ2) is 8.66. The van der Waals surface area contributed by atoms with Gasteiger partial charge in [0.25, 0.3) is 0 Å². The van der Waals surface area contributed by atoms with Crippen LogP contribution in [0.15, 0.2) is 24.3 Å². The summed E-state index contributed by atoms with van der Waals surface area (Å²) in [4.78, 5) is 11.2. The van der Waals surface area contributed by atoms with Crippen molar-refractivity contribution in [1.82, 2.24) is 0 Å². The molecule has 0 aliphatic rings. The van der Waals surface area contributed by atoms with Crippen molar-refractivity contribution in [3.05, 3.63) is 29.8 Å². The van der Waals surface area contributed by atoms with Gasteiger partial charge in [0.1, 0.15) is 19.0 Å². The molecule has 1 aromatic carbocycles. The van der Waals surface area contributed by atoms with Gasteiger partial charge in [-0.1, -0.05) is 12.1 Å². The smallest absolute Gasteiger partial charge is 0.195 e. The highest BCUT2D eigenvalue weighted by atomic mass is 16.5. The minimum Gasteiger partial charge on any atom is -0.486 e. The van der Waals surface area contributed by atoms with E-state index in [0.717, 1.165) is 19.4 Å². The fourth-order valence-corrected chi connectivity index (χ4v) is 1.54.